The van der Waals surface area contributed by atoms with E-state index < -0.39 is 12.1 Å². The van der Waals surface area contributed by atoms with E-state index in [-0.39, 0.29) is 16.3 Å². The number of rotatable bonds is 2. The number of aromatic hydroxyl groups is 1. The molecule has 0 saturated carbocycles. The Labute approximate surface area is 110 Å². The summed E-state index contributed by atoms with van der Waals surface area (Å²) >= 11 is 6.08. The predicted octanol–water partition coefficient (Wildman–Crippen LogP) is 2.35. The van der Waals surface area contributed by atoms with Gasteiger partial charge in [0.25, 0.3) is 0 Å². The molecule has 1 atom stereocenters. The third-order valence-corrected chi connectivity index (χ3v) is 3.97. The fraction of sp³-hybridized carbons (Fsp3) is 0.462. The minimum Gasteiger partial charge on any atom is -0.506 e. The number of phenolic OH excluding ortho intramolecular Hbond substituents is 1. The van der Waals surface area contributed by atoms with E-state index in [1.807, 2.05) is 0 Å². The van der Waals surface area contributed by atoms with Crippen LogP contribution in [0.2, 0.25) is 5.02 Å². The molecule has 5 heteroatoms. The highest BCUT2D eigenvalue weighted by Crippen LogP contribution is 2.42. The molecular weight excluding hydrogens is 256 g/mol. The number of aliphatic carboxylic acids is 1. The van der Waals surface area contributed by atoms with Crippen LogP contribution in [0.3, 0.4) is 0 Å². The third-order valence-electron chi connectivity index (χ3n) is 3.56. The van der Waals surface area contributed by atoms with Crippen molar-refractivity contribution in [2.75, 3.05) is 0 Å². The summed E-state index contributed by atoms with van der Waals surface area (Å²) in [4.78, 5) is 10.9. The molecule has 0 aromatic heterocycles. The molecule has 4 nitrogen and oxygen atoms in total. The summed E-state index contributed by atoms with van der Waals surface area (Å²) < 4.78 is 0. The first kappa shape index (κ1) is 13.2. The highest BCUT2D eigenvalue weighted by atomic mass is 35.5. The van der Waals surface area contributed by atoms with Gasteiger partial charge in [0, 0.05) is 5.56 Å². The fourth-order valence-electron chi connectivity index (χ4n) is 2.62. The number of hydrogen-bond acceptors (Lipinski definition) is 3. The van der Waals surface area contributed by atoms with Gasteiger partial charge in [-0.25, -0.2) is 4.79 Å². The average molecular weight is 271 g/mol. The van der Waals surface area contributed by atoms with Gasteiger partial charge < -0.3 is 15.3 Å². The standard InChI is InChI=1S/C13H15ClO4/c1-6-7-4-2-3-5-8(7)10(14)11(15)9(6)12(16)13(17)18/h12,15-16H,2-5H2,1H3,(H,17,18). The quantitative estimate of drug-likeness (QED) is 0.771. The number of carbonyl (C=O) groups is 1. The monoisotopic (exact) mass is 270 g/mol. The predicted molar refractivity (Wildman–Crippen MR) is 67.1 cm³/mol. The molecule has 0 aliphatic heterocycles. The molecule has 0 radical (unpaired) electrons. The van der Waals surface area contributed by atoms with Crippen molar-refractivity contribution in [3.8, 4) is 5.75 Å². The van der Waals surface area contributed by atoms with Crippen LogP contribution in [0.5, 0.6) is 5.75 Å². The topological polar surface area (TPSA) is 77.8 Å². The molecule has 0 bridgehead atoms. The summed E-state index contributed by atoms with van der Waals surface area (Å²) in [6.07, 6.45) is 1.87. The lowest BCUT2D eigenvalue weighted by molar-refractivity contribution is -0.147. The number of aliphatic hydroxyl groups excluding tert-OH is 1. The van der Waals surface area contributed by atoms with Gasteiger partial charge in [-0.15, -0.1) is 0 Å². The van der Waals surface area contributed by atoms with Crippen molar-refractivity contribution in [1.82, 2.24) is 0 Å². The maximum atomic E-state index is 10.9. The van der Waals surface area contributed by atoms with Crippen LogP contribution >= 0.6 is 11.6 Å². The molecule has 2 rings (SSSR count). The van der Waals surface area contributed by atoms with Gasteiger partial charge in [-0.3, -0.25) is 0 Å². The Bertz CT molecular complexity index is 510. The zero-order valence-electron chi connectivity index (χ0n) is 10.0. The van der Waals surface area contributed by atoms with E-state index in [1.165, 1.54) is 0 Å². The lowest BCUT2D eigenvalue weighted by Gasteiger charge is -2.24. The molecule has 1 aliphatic rings. The first-order valence-electron chi connectivity index (χ1n) is 5.88. The molecule has 1 aromatic carbocycles. The molecule has 1 aliphatic carbocycles. The van der Waals surface area contributed by atoms with Crippen LogP contribution < -0.4 is 0 Å². The number of carboxylic acids is 1. The minimum absolute atomic E-state index is 0.0214. The Balaban J connectivity index is 2.68. The SMILES string of the molecule is Cc1c2c(c(Cl)c(O)c1C(O)C(=O)O)CCCC2. The Kier molecular flexibility index (Phi) is 3.50. The van der Waals surface area contributed by atoms with Crippen LogP contribution in [0.15, 0.2) is 0 Å². The van der Waals surface area contributed by atoms with Gasteiger partial charge in [-0.05, 0) is 49.3 Å². The van der Waals surface area contributed by atoms with Crippen molar-refractivity contribution >= 4 is 17.6 Å². The Morgan fingerprint density at radius 2 is 1.83 bits per heavy atom. The summed E-state index contributed by atoms with van der Waals surface area (Å²) in [5.41, 5.74) is 2.52. The normalized spacial score (nSPS) is 16.2. The van der Waals surface area contributed by atoms with E-state index >= 15 is 0 Å². The molecule has 3 N–H and O–H groups in total. The molecule has 0 spiro atoms. The molecule has 0 saturated heterocycles. The Morgan fingerprint density at radius 1 is 1.28 bits per heavy atom. The zero-order valence-corrected chi connectivity index (χ0v) is 10.8. The number of fused-ring (bicyclic) bond motifs is 1. The van der Waals surface area contributed by atoms with Gasteiger partial charge >= 0.3 is 5.97 Å². The van der Waals surface area contributed by atoms with Gasteiger partial charge in [-0.1, -0.05) is 11.6 Å². The summed E-state index contributed by atoms with van der Waals surface area (Å²) in [6, 6.07) is 0. The molecule has 98 valence electrons. The highest BCUT2D eigenvalue weighted by molar-refractivity contribution is 6.33. The molecule has 0 heterocycles. The van der Waals surface area contributed by atoms with Gasteiger partial charge in [0.2, 0.25) is 0 Å². The number of benzene rings is 1. The first-order chi connectivity index (χ1) is 8.45. The zero-order chi connectivity index (χ0) is 13.4. The van der Waals surface area contributed by atoms with Crippen molar-refractivity contribution < 1.29 is 20.1 Å². The second-order valence-electron chi connectivity index (χ2n) is 4.61. The molecular formula is C13H15ClO4. The van der Waals surface area contributed by atoms with Gasteiger partial charge in [0.05, 0.1) is 5.02 Å². The van der Waals surface area contributed by atoms with Gasteiger partial charge in [0.15, 0.2) is 6.10 Å². The van der Waals surface area contributed by atoms with E-state index in [0.717, 1.165) is 36.8 Å². The largest absolute Gasteiger partial charge is 0.506 e. The van der Waals surface area contributed by atoms with Crippen molar-refractivity contribution in [3.05, 3.63) is 27.3 Å². The summed E-state index contributed by atoms with van der Waals surface area (Å²) in [5.74, 6) is -1.69. The summed E-state index contributed by atoms with van der Waals surface area (Å²) in [5, 5.41) is 28.7. The molecule has 1 unspecified atom stereocenters. The number of carboxylic acid groups (broad SMARTS) is 1. The highest BCUT2D eigenvalue weighted by Gasteiger charge is 2.29. The average Bonchev–Trinajstić information content (AvgIpc) is 2.36. The lowest BCUT2D eigenvalue weighted by atomic mass is 9.84. The maximum Gasteiger partial charge on any atom is 0.337 e. The van der Waals surface area contributed by atoms with Crippen molar-refractivity contribution in [2.24, 2.45) is 0 Å². The maximum absolute atomic E-state index is 10.9. The number of aliphatic hydroxyl groups is 1. The van der Waals surface area contributed by atoms with Crippen LogP contribution in [0.1, 0.15) is 41.2 Å². The number of phenols is 1. The number of hydrogen-bond donors (Lipinski definition) is 3. The Morgan fingerprint density at radius 3 is 2.39 bits per heavy atom. The van der Waals surface area contributed by atoms with Crippen LogP contribution in [0.25, 0.3) is 0 Å². The first-order valence-corrected chi connectivity index (χ1v) is 6.26. The fourth-order valence-corrected chi connectivity index (χ4v) is 2.93. The molecule has 1 aromatic rings. The molecule has 0 fully saturated rings. The Hall–Kier alpha value is -1.26. The van der Waals surface area contributed by atoms with Crippen molar-refractivity contribution in [2.45, 2.75) is 38.7 Å². The second-order valence-corrected chi connectivity index (χ2v) is 4.98. The number of halogens is 1. The van der Waals surface area contributed by atoms with E-state index in [9.17, 15) is 15.0 Å². The van der Waals surface area contributed by atoms with Gasteiger partial charge in [-0.2, -0.15) is 0 Å². The van der Waals surface area contributed by atoms with E-state index in [4.69, 9.17) is 16.7 Å². The lowest BCUT2D eigenvalue weighted by Crippen LogP contribution is -2.16. The van der Waals surface area contributed by atoms with Crippen LogP contribution in [0.4, 0.5) is 0 Å². The van der Waals surface area contributed by atoms with Crippen LogP contribution in [-0.2, 0) is 17.6 Å². The van der Waals surface area contributed by atoms with Crippen LogP contribution in [-0.4, -0.2) is 21.3 Å². The van der Waals surface area contributed by atoms with Crippen molar-refractivity contribution in [3.63, 3.8) is 0 Å². The third kappa shape index (κ3) is 1.95. The summed E-state index contributed by atoms with van der Waals surface area (Å²) in [7, 11) is 0. The smallest absolute Gasteiger partial charge is 0.337 e. The van der Waals surface area contributed by atoms with Gasteiger partial charge in [0.1, 0.15) is 5.75 Å². The van der Waals surface area contributed by atoms with Crippen molar-refractivity contribution in [1.29, 1.82) is 0 Å². The van der Waals surface area contributed by atoms with Crippen LogP contribution in [0, 0.1) is 6.92 Å². The second kappa shape index (κ2) is 4.78. The van der Waals surface area contributed by atoms with E-state index in [2.05, 4.69) is 0 Å². The van der Waals surface area contributed by atoms with E-state index in [1.54, 1.807) is 6.92 Å². The minimum atomic E-state index is -1.74. The summed E-state index contributed by atoms with van der Waals surface area (Å²) in [6.45, 7) is 1.72. The van der Waals surface area contributed by atoms with E-state index in [0.29, 0.717) is 5.56 Å². The molecule has 0 amide bonds. The molecule has 18 heavy (non-hydrogen) atoms.